The standard InChI is InChI=1S/C55H41N/c1-40-29-30-45(43-31-33-52(34-32-43)56(50-23-10-4-11-24-50)51-25-12-5-13-26-51)39-55(40)54-28-15-14-27-53(54)46-22-16-21-44(35-46)49-37-47(41-17-6-2-7-18-41)36-48(38-49)42-19-8-3-9-20-42/h2-39H,1H3. The van der Waals surface area contributed by atoms with Gasteiger partial charge in [0.1, 0.15) is 0 Å². The molecule has 9 aromatic rings. The number of para-hydroxylation sites is 2. The van der Waals surface area contributed by atoms with Gasteiger partial charge in [-0.15, -0.1) is 0 Å². The number of hydrogen-bond donors (Lipinski definition) is 0. The van der Waals surface area contributed by atoms with E-state index in [9.17, 15) is 0 Å². The fourth-order valence-electron chi connectivity index (χ4n) is 7.72. The van der Waals surface area contributed by atoms with Gasteiger partial charge in [0.2, 0.25) is 0 Å². The van der Waals surface area contributed by atoms with Gasteiger partial charge in [-0.05, 0) is 146 Å². The van der Waals surface area contributed by atoms with Crippen molar-refractivity contribution in [2.24, 2.45) is 0 Å². The highest BCUT2D eigenvalue weighted by Gasteiger charge is 2.15. The van der Waals surface area contributed by atoms with Gasteiger partial charge < -0.3 is 4.90 Å². The maximum absolute atomic E-state index is 2.36. The normalized spacial score (nSPS) is 10.9. The van der Waals surface area contributed by atoms with E-state index in [-0.39, 0.29) is 0 Å². The molecule has 1 nitrogen and oxygen atoms in total. The van der Waals surface area contributed by atoms with Crippen LogP contribution in [0.5, 0.6) is 0 Å². The Kier molecular flexibility index (Phi) is 9.64. The van der Waals surface area contributed by atoms with Crippen molar-refractivity contribution in [1.82, 2.24) is 0 Å². The topological polar surface area (TPSA) is 3.24 Å². The lowest BCUT2D eigenvalue weighted by Gasteiger charge is -2.25. The van der Waals surface area contributed by atoms with Gasteiger partial charge in [0.15, 0.2) is 0 Å². The van der Waals surface area contributed by atoms with Crippen molar-refractivity contribution in [1.29, 1.82) is 0 Å². The lowest BCUT2D eigenvalue weighted by Crippen LogP contribution is -2.09. The molecule has 0 aliphatic rings. The summed E-state index contributed by atoms with van der Waals surface area (Å²) in [6.07, 6.45) is 0. The average molecular weight is 716 g/mol. The van der Waals surface area contributed by atoms with Gasteiger partial charge in [0, 0.05) is 17.1 Å². The molecule has 0 N–H and O–H groups in total. The second kappa shape index (κ2) is 15.6. The van der Waals surface area contributed by atoms with Crippen LogP contribution in [0.4, 0.5) is 17.1 Å². The monoisotopic (exact) mass is 715 g/mol. The molecule has 0 atom stereocenters. The number of benzene rings is 9. The van der Waals surface area contributed by atoms with Gasteiger partial charge in [0.05, 0.1) is 0 Å². The third kappa shape index (κ3) is 7.19. The van der Waals surface area contributed by atoms with Crippen molar-refractivity contribution in [2.75, 3.05) is 4.90 Å². The zero-order chi connectivity index (χ0) is 37.7. The maximum Gasteiger partial charge on any atom is 0.0462 e. The number of anilines is 3. The highest BCUT2D eigenvalue weighted by Crippen LogP contribution is 2.40. The van der Waals surface area contributed by atoms with Crippen LogP contribution in [-0.2, 0) is 0 Å². The summed E-state index contributed by atoms with van der Waals surface area (Å²) in [5, 5.41) is 0. The molecule has 9 rings (SSSR count). The van der Waals surface area contributed by atoms with Crippen molar-refractivity contribution < 1.29 is 0 Å². The molecule has 0 aliphatic heterocycles. The summed E-state index contributed by atoms with van der Waals surface area (Å²) in [5.41, 5.74) is 19.1. The van der Waals surface area contributed by atoms with Gasteiger partial charge in [-0.3, -0.25) is 0 Å². The van der Waals surface area contributed by atoms with Crippen LogP contribution < -0.4 is 4.90 Å². The molecule has 0 spiro atoms. The van der Waals surface area contributed by atoms with Gasteiger partial charge in [-0.2, -0.15) is 0 Å². The molecule has 56 heavy (non-hydrogen) atoms. The van der Waals surface area contributed by atoms with E-state index in [1.165, 1.54) is 72.3 Å². The Morgan fingerprint density at radius 3 is 1.18 bits per heavy atom. The fraction of sp³-hybridized carbons (Fsp3) is 0.0182. The van der Waals surface area contributed by atoms with Gasteiger partial charge in [-0.25, -0.2) is 0 Å². The third-order valence-electron chi connectivity index (χ3n) is 10.6. The molecular weight excluding hydrogens is 675 g/mol. The van der Waals surface area contributed by atoms with Crippen molar-refractivity contribution in [2.45, 2.75) is 6.92 Å². The van der Waals surface area contributed by atoms with E-state index in [0.29, 0.717) is 0 Å². The molecule has 9 aromatic carbocycles. The molecule has 0 radical (unpaired) electrons. The first-order chi connectivity index (χ1) is 27.7. The Balaban J connectivity index is 1.08. The van der Waals surface area contributed by atoms with Crippen LogP contribution in [0.3, 0.4) is 0 Å². The summed E-state index contributed by atoms with van der Waals surface area (Å²) in [6, 6.07) is 83.0. The SMILES string of the molecule is Cc1ccc(-c2ccc(N(c3ccccc3)c3ccccc3)cc2)cc1-c1ccccc1-c1cccc(-c2cc(-c3ccccc3)cc(-c3ccccc3)c2)c1. The molecule has 1 heteroatoms. The summed E-state index contributed by atoms with van der Waals surface area (Å²) < 4.78 is 0. The second-order valence-electron chi connectivity index (χ2n) is 14.2. The second-order valence-corrected chi connectivity index (χ2v) is 14.2. The van der Waals surface area contributed by atoms with E-state index in [4.69, 9.17) is 0 Å². The van der Waals surface area contributed by atoms with E-state index in [1.54, 1.807) is 0 Å². The van der Waals surface area contributed by atoms with E-state index in [1.807, 2.05) is 0 Å². The minimum Gasteiger partial charge on any atom is -0.311 e. The van der Waals surface area contributed by atoms with Gasteiger partial charge in [-0.1, -0.05) is 164 Å². The molecule has 0 saturated heterocycles. The molecule has 0 heterocycles. The van der Waals surface area contributed by atoms with Crippen LogP contribution in [0.2, 0.25) is 0 Å². The molecule has 0 aromatic heterocycles. The summed E-state index contributed by atoms with van der Waals surface area (Å²) in [7, 11) is 0. The highest BCUT2D eigenvalue weighted by molar-refractivity contribution is 5.89. The predicted octanol–water partition coefficient (Wildman–Crippen LogP) is 15.5. The Bertz CT molecular complexity index is 2620. The fourth-order valence-corrected chi connectivity index (χ4v) is 7.72. The van der Waals surface area contributed by atoms with Crippen molar-refractivity contribution in [3.05, 3.63) is 236 Å². The predicted molar refractivity (Wildman–Crippen MR) is 238 cm³/mol. The van der Waals surface area contributed by atoms with Crippen molar-refractivity contribution in [3.63, 3.8) is 0 Å². The zero-order valence-electron chi connectivity index (χ0n) is 31.4. The molecule has 0 amide bonds. The van der Waals surface area contributed by atoms with Crippen LogP contribution in [-0.4, -0.2) is 0 Å². The van der Waals surface area contributed by atoms with E-state index in [2.05, 4.69) is 242 Å². The highest BCUT2D eigenvalue weighted by atomic mass is 15.1. The molecule has 0 aliphatic carbocycles. The first-order valence-corrected chi connectivity index (χ1v) is 19.3. The average Bonchev–Trinajstić information content (AvgIpc) is 3.28. The Hall–Kier alpha value is -7.22. The summed E-state index contributed by atoms with van der Waals surface area (Å²) >= 11 is 0. The maximum atomic E-state index is 2.36. The van der Waals surface area contributed by atoms with Crippen LogP contribution in [0.1, 0.15) is 5.56 Å². The molecule has 266 valence electrons. The summed E-state index contributed by atoms with van der Waals surface area (Å²) in [5.74, 6) is 0. The quantitative estimate of drug-likeness (QED) is 0.144. The number of hydrogen-bond acceptors (Lipinski definition) is 1. The first-order valence-electron chi connectivity index (χ1n) is 19.3. The number of aryl methyl sites for hydroxylation is 1. The van der Waals surface area contributed by atoms with E-state index in [0.717, 1.165) is 17.1 Å². The Morgan fingerprint density at radius 1 is 0.232 bits per heavy atom. The summed E-state index contributed by atoms with van der Waals surface area (Å²) in [4.78, 5) is 2.30. The van der Waals surface area contributed by atoms with Crippen molar-refractivity contribution >= 4 is 17.1 Å². The molecule has 0 saturated carbocycles. The van der Waals surface area contributed by atoms with Crippen LogP contribution in [0.25, 0.3) is 66.8 Å². The zero-order valence-corrected chi connectivity index (χ0v) is 31.4. The van der Waals surface area contributed by atoms with Crippen molar-refractivity contribution in [3.8, 4) is 66.8 Å². The third-order valence-corrected chi connectivity index (χ3v) is 10.6. The first kappa shape index (κ1) is 34.5. The Morgan fingerprint density at radius 2 is 0.607 bits per heavy atom. The minimum absolute atomic E-state index is 1.12. The minimum atomic E-state index is 1.12. The van der Waals surface area contributed by atoms with Crippen LogP contribution >= 0.6 is 0 Å². The van der Waals surface area contributed by atoms with Crippen LogP contribution in [0, 0.1) is 6.92 Å². The van der Waals surface area contributed by atoms with Gasteiger partial charge in [0.25, 0.3) is 0 Å². The van der Waals surface area contributed by atoms with E-state index < -0.39 is 0 Å². The lowest BCUT2D eigenvalue weighted by molar-refractivity contribution is 1.28. The molecule has 0 fully saturated rings. The largest absolute Gasteiger partial charge is 0.311 e. The summed E-state index contributed by atoms with van der Waals surface area (Å²) in [6.45, 7) is 2.22. The molecule has 0 unspecified atom stereocenters. The number of rotatable bonds is 9. The van der Waals surface area contributed by atoms with Gasteiger partial charge >= 0.3 is 0 Å². The van der Waals surface area contributed by atoms with E-state index >= 15 is 0 Å². The van der Waals surface area contributed by atoms with Crippen LogP contribution in [0.15, 0.2) is 231 Å². The lowest BCUT2D eigenvalue weighted by atomic mass is 9.88. The molecule has 0 bridgehead atoms. The molecular formula is C55H41N. The number of nitrogens with zero attached hydrogens (tertiary/aromatic N) is 1. The smallest absolute Gasteiger partial charge is 0.0462 e. The Labute approximate surface area is 330 Å².